The van der Waals surface area contributed by atoms with Gasteiger partial charge in [0, 0.05) is 10.6 Å². The number of carbonyl (C=O) groups excluding carboxylic acids is 1. The molecule has 1 aromatic heterocycles. The van der Waals surface area contributed by atoms with Gasteiger partial charge < -0.3 is 20.2 Å². The first-order valence-electron chi connectivity index (χ1n) is 7.86. The van der Waals surface area contributed by atoms with Crippen LogP contribution in [0.25, 0.3) is 0 Å². The van der Waals surface area contributed by atoms with Crippen LogP contribution in [0.1, 0.15) is 48.0 Å². The largest absolute Gasteiger partial charge is 0.496 e. The van der Waals surface area contributed by atoms with Crippen LogP contribution in [0.2, 0.25) is 5.02 Å². The fourth-order valence-electron chi connectivity index (χ4n) is 2.56. The molecule has 0 spiro atoms. The molecule has 0 aliphatic rings. The molecule has 130 valence electrons. The van der Waals surface area contributed by atoms with Crippen molar-refractivity contribution in [1.29, 1.82) is 0 Å². The van der Waals surface area contributed by atoms with E-state index >= 15 is 0 Å². The van der Waals surface area contributed by atoms with Crippen molar-refractivity contribution in [2.45, 2.75) is 32.9 Å². The zero-order chi connectivity index (χ0) is 17.7. The molecule has 0 bridgehead atoms. The summed E-state index contributed by atoms with van der Waals surface area (Å²) in [5, 5.41) is 3.64. The molecule has 1 unspecified atom stereocenters. The van der Waals surface area contributed by atoms with Crippen molar-refractivity contribution >= 4 is 17.5 Å². The summed E-state index contributed by atoms with van der Waals surface area (Å²) in [7, 11) is 1.60. The molecule has 0 fully saturated rings. The van der Waals surface area contributed by atoms with E-state index in [9.17, 15) is 4.79 Å². The highest BCUT2D eigenvalue weighted by Crippen LogP contribution is 2.32. The SMILES string of the molecule is COc1ccc(Cl)cc1C(CC(C)C)NC(=O)c1coc(CN)c1. The molecule has 0 saturated heterocycles. The number of furan rings is 1. The Morgan fingerprint density at radius 3 is 2.71 bits per heavy atom. The predicted octanol–water partition coefficient (Wildman–Crippen LogP) is 3.92. The van der Waals surface area contributed by atoms with Gasteiger partial charge in [0.25, 0.3) is 5.91 Å². The van der Waals surface area contributed by atoms with E-state index in [0.29, 0.717) is 28.0 Å². The molecule has 24 heavy (non-hydrogen) atoms. The zero-order valence-corrected chi connectivity index (χ0v) is 14.9. The Kier molecular flexibility index (Phi) is 6.29. The average molecular weight is 351 g/mol. The van der Waals surface area contributed by atoms with Crippen LogP contribution in [-0.2, 0) is 6.54 Å². The van der Waals surface area contributed by atoms with Gasteiger partial charge in [-0.05, 0) is 36.6 Å². The van der Waals surface area contributed by atoms with E-state index in [2.05, 4.69) is 19.2 Å². The quantitative estimate of drug-likeness (QED) is 0.793. The van der Waals surface area contributed by atoms with E-state index in [-0.39, 0.29) is 18.5 Å². The number of halogens is 1. The van der Waals surface area contributed by atoms with E-state index in [1.165, 1.54) is 6.26 Å². The molecule has 2 aromatic rings. The second-order valence-electron chi connectivity index (χ2n) is 6.05. The smallest absolute Gasteiger partial charge is 0.255 e. The first-order valence-corrected chi connectivity index (χ1v) is 8.24. The number of nitrogens with one attached hydrogen (secondary N) is 1. The fourth-order valence-corrected chi connectivity index (χ4v) is 2.74. The maximum Gasteiger partial charge on any atom is 0.255 e. The van der Waals surface area contributed by atoms with E-state index in [4.69, 9.17) is 26.5 Å². The second kappa shape index (κ2) is 8.22. The van der Waals surface area contributed by atoms with Crippen molar-refractivity contribution in [1.82, 2.24) is 5.32 Å². The topological polar surface area (TPSA) is 77.5 Å². The summed E-state index contributed by atoms with van der Waals surface area (Å²) in [5.41, 5.74) is 6.82. The molecule has 0 radical (unpaired) electrons. The van der Waals surface area contributed by atoms with E-state index in [0.717, 1.165) is 12.0 Å². The molecule has 1 amide bonds. The molecular weight excluding hydrogens is 328 g/mol. The molecule has 6 heteroatoms. The molecule has 3 N–H and O–H groups in total. The van der Waals surface area contributed by atoms with Crippen LogP contribution in [0, 0.1) is 5.92 Å². The van der Waals surface area contributed by atoms with Crippen LogP contribution in [0.5, 0.6) is 5.75 Å². The molecule has 0 aliphatic heterocycles. The number of nitrogens with two attached hydrogens (primary N) is 1. The molecule has 2 rings (SSSR count). The van der Waals surface area contributed by atoms with E-state index in [1.54, 1.807) is 19.2 Å². The summed E-state index contributed by atoms with van der Waals surface area (Å²) >= 11 is 6.13. The Balaban J connectivity index is 2.28. The standard InChI is InChI=1S/C18H23ClN2O3/c1-11(2)6-16(15-8-13(19)4-5-17(15)23-3)21-18(22)12-7-14(9-20)24-10-12/h4-5,7-8,10-11,16H,6,9,20H2,1-3H3,(H,21,22). The minimum Gasteiger partial charge on any atom is -0.496 e. The van der Waals surface area contributed by atoms with Crippen LogP contribution in [0.3, 0.4) is 0 Å². The highest BCUT2D eigenvalue weighted by molar-refractivity contribution is 6.30. The lowest BCUT2D eigenvalue weighted by atomic mass is 9.96. The number of benzene rings is 1. The predicted molar refractivity (Wildman–Crippen MR) is 94.3 cm³/mol. The van der Waals surface area contributed by atoms with Crippen LogP contribution in [0.15, 0.2) is 34.9 Å². The molecular formula is C18H23ClN2O3. The zero-order valence-electron chi connectivity index (χ0n) is 14.1. The first kappa shape index (κ1) is 18.4. The number of carbonyl (C=O) groups is 1. The third kappa shape index (κ3) is 4.52. The van der Waals surface area contributed by atoms with Crippen LogP contribution in [-0.4, -0.2) is 13.0 Å². The number of ether oxygens (including phenoxy) is 1. The number of hydrogen-bond acceptors (Lipinski definition) is 4. The van der Waals surface area contributed by atoms with Crippen molar-refractivity contribution in [2.24, 2.45) is 11.7 Å². The van der Waals surface area contributed by atoms with Gasteiger partial charge in [-0.25, -0.2) is 0 Å². The third-order valence-corrected chi connectivity index (χ3v) is 3.93. The minimum absolute atomic E-state index is 0.217. The lowest BCUT2D eigenvalue weighted by Crippen LogP contribution is -2.29. The maximum atomic E-state index is 12.5. The van der Waals surface area contributed by atoms with Gasteiger partial charge in [0.1, 0.15) is 17.8 Å². The van der Waals surface area contributed by atoms with E-state index in [1.807, 2.05) is 12.1 Å². The minimum atomic E-state index is -0.220. The van der Waals surface area contributed by atoms with Crippen LogP contribution < -0.4 is 15.8 Å². The highest BCUT2D eigenvalue weighted by Gasteiger charge is 2.22. The van der Waals surface area contributed by atoms with Gasteiger partial charge in [0.05, 0.1) is 25.3 Å². The molecule has 0 aliphatic carbocycles. The summed E-state index contributed by atoms with van der Waals surface area (Å²) in [5.74, 6) is 1.43. The van der Waals surface area contributed by atoms with Crippen molar-refractivity contribution in [3.8, 4) is 5.75 Å². The summed E-state index contributed by atoms with van der Waals surface area (Å²) in [6.07, 6.45) is 2.17. The van der Waals surface area contributed by atoms with Crippen molar-refractivity contribution < 1.29 is 13.9 Å². The Morgan fingerprint density at radius 1 is 1.38 bits per heavy atom. The van der Waals surface area contributed by atoms with E-state index < -0.39 is 0 Å². The summed E-state index contributed by atoms with van der Waals surface area (Å²) in [4.78, 5) is 12.5. The van der Waals surface area contributed by atoms with Gasteiger partial charge in [-0.2, -0.15) is 0 Å². The number of hydrogen-bond donors (Lipinski definition) is 2. The third-order valence-electron chi connectivity index (χ3n) is 3.70. The van der Waals surface area contributed by atoms with Gasteiger partial charge in [-0.15, -0.1) is 0 Å². The number of amides is 1. The lowest BCUT2D eigenvalue weighted by Gasteiger charge is -2.23. The van der Waals surface area contributed by atoms with Gasteiger partial charge in [-0.1, -0.05) is 25.4 Å². The lowest BCUT2D eigenvalue weighted by molar-refractivity contribution is 0.0931. The Hall–Kier alpha value is -1.98. The first-order chi connectivity index (χ1) is 11.4. The average Bonchev–Trinajstić information content (AvgIpc) is 3.03. The monoisotopic (exact) mass is 350 g/mol. The Bertz CT molecular complexity index is 697. The number of rotatable bonds is 7. The second-order valence-corrected chi connectivity index (χ2v) is 6.48. The molecule has 5 nitrogen and oxygen atoms in total. The van der Waals surface area contributed by atoms with Crippen molar-refractivity contribution in [3.05, 3.63) is 52.4 Å². The summed E-state index contributed by atoms with van der Waals surface area (Å²) < 4.78 is 10.7. The van der Waals surface area contributed by atoms with Gasteiger partial charge >= 0.3 is 0 Å². The maximum absolute atomic E-state index is 12.5. The molecule has 1 atom stereocenters. The Morgan fingerprint density at radius 2 is 2.12 bits per heavy atom. The fraction of sp³-hybridized carbons (Fsp3) is 0.389. The normalized spacial score (nSPS) is 12.2. The van der Waals surface area contributed by atoms with Crippen LogP contribution in [0.4, 0.5) is 0 Å². The molecule has 1 aromatic carbocycles. The van der Waals surface area contributed by atoms with Gasteiger partial charge in [-0.3, -0.25) is 4.79 Å². The molecule has 0 saturated carbocycles. The van der Waals surface area contributed by atoms with Crippen molar-refractivity contribution in [3.63, 3.8) is 0 Å². The molecule has 1 heterocycles. The summed E-state index contributed by atoms with van der Waals surface area (Å²) in [6, 6.07) is 6.83. The van der Waals surface area contributed by atoms with Gasteiger partial charge in [0.15, 0.2) is 0 Å². The van der Waals surface area contributed by atoms with Crippen molar-refractivity contribution in [2.75, 3.05) is 7.11 Å². The summed E-state index contributed by atoms with van der Waals surface area (Å²) in [6.45, 7) is 4.45. The Labute approximate surface area is 147 Å². The van der Waals surface area contributed by atoms with Crippen LogP contribution >= 0.6 is 11.6 Å². The highest BCUT2D eigenvalue weighted by atomic mass is 35.5. The number of methoxy groups -OCH3 is 1. The van der Waals surface area contributed by atoms with Gasteiger partial charge in [0.2, 0.25) is 0 Å².